The maximum atomic E-state index is 12.8. The topological polar surface area (TPSA) is 56.5 Å². The summed E-state index contributed by atoms with van der Waals surface area (Å²) in [4.78, 5) is 17.3. The molecule has 0 bridgehead atoms. The van der Waals surface area contributed by atoms with E-state index in [1.54, 1.807) is 37.4 Å². The third-order valence-corrected chi connectivity index (χ3v) is 5.51. The summed E-state index contributed by atoms with van der Waals surface area (Å²) in [5, 5.41) is 5.30. The van der Waals surface area contributed by atoms with Gasteiger partial charge in [0.2, 0.25) is 0 Å². The molecule has 31 heavy (non-hydrogen) atoms. The number of fused-ring (bicyclic) bond motifs is 1. The number of aromatic nitrogens is 2. The van der Waals surface area contributed by atoms with Gasteiger partial charge >= 0.3 is 0 Å². The molecule has 0 atom stereocenters. The van der Waals surface area contributed by atoms with E-state index in [-0.39, 0.29) is 5.56 Å². The lowest BCUT2D eigenvalue weighted by Gasteiger charge is -2.09. The van der Waals surface area contributed by atoms with Crippen LogP contribution in [-0.2, 0) is 6.61 Å². The molecule has 0 aliphatic rings. The Morgan fingerprint density at radius 1 is 1.13 bits per heavy atom. The maximum absolute atomic E-state index is 12.8. The van der Waals surface area contributed by atoms with Crippen LogP contribution in [0.5, 0.6) is 5.75 Å². The lowest BCUT2D eigenvalue weighted by molar-refractivity contribution is 0.306. The van der Waals surface area contributed by atoms with Crippen molar-refractivity contribution in [2.75, 3.05) is 0 Å². The standard InChI is InChI=1S/C24H19BrClN3O2/c1-15-4-3-5-18(10-15)14-31-23-9-6-17(11-21(23)26)13-27-29-16(2)28-22-8-7-19(25)12-20(22)24(29)30/h3-13H,14H2,1-2H3. The summed E-state index contributed by atoms with van der Waals surface area (Å²) in [6.45, 7) is 4.22. The predicted molar refractivity (Wildman–Crippen MR) is 128 cm³/mol. The van der Waals surface area contributed by atoms with E-state index >= 15 is 0 Å². The van der Waals surface area contributed by atoms with E-state index in [2.05, 4.69) is 32.1 Å². The molecule has 0 saturated carbocycles. The highest BCUT2D eigenvalue weighted by Gasteiger charge is 2.08. The predicted octanol–water partition coefficient (Wildman–Crippen LogP) is 5.89. The van der Waals surface area contributed by atoms with E-state index in [4.69, 9.17) is 16.3 Å². The van der Waals surface area contributed by atoms with Crippen molar-refractivity contribution in [3.63, 3.8) is 0 Å². The lowest BCUT2D eigenvalue weighted by atomic mass is 10.1. The zero-order valence-electron chi connectivity index (χ0n) is 17.0. The summed E-state index contributed by atoms with van der Waals surface area (Å²) >= 11 is 9.78. The van der Waals surface area contributed by atoms with Gasteiger partial charge in [-0.25, -0.2) is 4.98 Å². The first-order chi connectivity index (χ1) is 14.9. The molecule has 7 heteroatoms. The Labute approximate surface area is 193 Å². The van der Waals surface area contributed by atoms with Gasteiger partial charge in [0.25, 0.3) is 5.56 Å². The zero-order valence-corrected chi connectivity index (χ0v) is 19.3. The summed E-state index contributed by atoms with van der Waals surface area (Å²) in [5.74, 6) is 1.09. The third kappa shape index (κ3) is 4.86. The molecule has 0 aliphatic heterocycles. The Morgan fingerprint density at radius 2 is 1.97 bits per heavy atom. The van der Waals surface area contributed by atoms with Gasteiger partial charge in [-0.15, -0.1) is 0 Å². The molecule has 0 saturated heterocycles. The lowest BCUT2D eigenvalue weighted by Crippen LogP contribution is -2.20. The SMILES string of the molecule is Cc1cccc(COc2ccc(C=Nn3c(C)nc4ccc(Br)cc4c3=O)cc2Cl)c1. The minimum Gasteiger partial charge on any atom is -0.487 e. The summed E-state index contributed by atoms with van der Waals surface area (Å²) in [7, 11) is 0. The van der Waals surface area contributed by atoms with E-state index < -0.39 is 0 Å². The smallest absolute Gasteiger partial charge is 0.282 e. The summed E-state index contributed by atoms with van der Waals surface area (Å²) in [5.41, 5.74) is 3.40. The minimum atomic E-state index is -0.232. The molecular formula is C24H19BrClN3O2. The van der Waals surface area contributed by atoms with Gasteiger partial charge in [-0.1, -0.05) is 57.4 Å². The van der Waals surface area contributed by atoms with Crippen molar-refractivity contribution in [1.29, 1.82) is 0 Å². The van der Waals surface area contributed by atoms with Crippen LogP contribution in [-0.4, -0.2) is 15.9 Å². The van der Waals surface area contributed by atoms with E-state index in [0.717, 1.165) is 15.6 Å². The molecule has 4 aromatic rings. The van der Waals surface area contributed by atoms with Crippen molar-refractivity contribution in [3.8, 4) is 5.75 Å². The van der Waals surface area contributed by atoms with Crippen LogP contribution >= 0.6 is 27.5 Å². The van der Waals surface area contributed by atoms with Gasteiger partial charge < -0.3 is 4.74 Å². The van der Waals surface area contributed by atoms with Crippen LogP contribution in [0.4, 0.5) is 0 Å². The summed E-state index contributed by atoms with van der Waals surface area (Å²) < 4.78 is 7.94. The first kappa shape index (κ1) is 21.3. The zero-order chi connectivity index (χ0) is 22.0. The van der Waals surface area contributed by atoms with Gasteiger partial charge in [0.05, 0.1) is 22.1 Å². The first-order valence-electron chi connectivity index (χ1n) is 9.62. The van der Waals surface area contributed by atoms with E-state index in [1.807, 2.05) is 37.3 Å². The first-order valence-corrected chi connectivity index (χ1v) is 10.8. The largest absolute Gasteiger partial charge is 0.487 e. The van der Waals surface area contributed by atoms with Crippen molar-refractivity contribution in [1.82, 2.24) is 9.66 Å². The van der Waals surface area contributed by atoms with Gasteiger partial charge in [0.15, 0.2) is 0 Å². The molecule has 0 spiro atoms. The fourth-order valence-corrected chi connectivity index (χ4v) is 3.80. The van der Waals surface area contributed by atoms with Crippen LogP contribution in [0.25, 0.3) is 10.9 Å². The van der Waals surface area contributed by atoms with Gasteiger partial charge in [0.1, 0.15) is 18.2 Å². The fourth-order valence-electron chi connectivity index (χ4n) is 3.20. The number of ether oxygens (including phenoxy) is 1. The average molecular weight is 497 g/mol. The van der Waals surface area contributed by atoms with Gasteiger partial charge in [0, 0.05) is 4.47 Å². The molecule has 0 amide bonds. The number of rotatable bonds is 5. The van der Waals surface area contributed by atoms with Crippen molar-refractivity contribution in [3.05, 3.63) is 103 Å². The second-order valence-corrected chi connectivity index (χ2v) is 8.47. The van der Waals surface area contributed by atoms with E-state index in [9.17, 15) is 4.79 Å². The monoisotopic (exact) mass is 495 g/mol. The molecule has 0 fully saturated rings. The molecule has 0 N–H and O–H groups in total. The third-order valence-electron chi connectivity index (χ3n) is 4.73. The van der Waals surface area contributed by atoms with Crippen LogP contribution in [0, 0.1) is 13.8 Å². The summed E-state index contributed by atoms with van der Waals surface area (Å²) in [6.07, 6.45) is 1.58. The van der Waals surface area contributed by atoms with Crippen LogP contribution in [0.3, 0.4) is 0 Å². The number of halogens is 2. The van der Waals surface area contributed by atoms with Crippen molar-refractivity contribution < 1.29 is 4.74 Å². The Hall–Kier alpha value is -2.96. The number of hydrogen-bond acceptors (Lipinski definition) is 4. The fraction of sp³-hybridized carbons (Fsp3) is 0.125. The molecule has 1 heterocycles. The molecule has 0 aliphatic carbocycles. The molecule has 0 radical (unpaired) electrons. The molecule has 1 aromatic heterocycles. The molecular weight excluding hydrogens is 478 g/mol. The van der Waals surface area contributed by atoms with Crippen LogP contribution < -0.4 is 10.3 Å². The summed E-state index contributed by atoms with van der Waals surface area (Å²) in [6, 6.07) is 18.9. The van der Waals surface area contributed by atoms with Gasteiger partial charge in [-0.2, -0.15) is 9.78 Å². The Balaban J connectivity index is 1.56. The maximum Gasteiger partial charge on any atom is 0.282 e. The highest BCUT2D eigenvalue weighted by atomic mass is 79.9. The molecule has 4 rings (SSSR count). The molecule has 156 valence electrons. The van der Waals surface area contributed by atoms with Gasteiger partial charge in [-0.05, 0) is 61.4 Å². The highest BCUT2D eigenvalue weighted by molar-refractivity contribution is 9.10. The van der Waals surface area contributed by atoms with E-state index in [0.29, 0.717) is 34.1 Å². The number of hydrogen-bond donors (Lipinski definition) is 0. The minimum absolute atomic E-state index is 0.232. The van der Waals surface area contributed by atoms with Crippen molar-refractivity contribution in [2.45, 2.75) is 20.5 Å². The average Bonchev–Trinajstić information content (AvgIpc) is 2.74. The molecule has 0 unspecified atom stereocenters. The quantitative estimate of drug-likeness (QED) is 0.324. The number of nitrogens with zero attached hydrogens (tertiary/aromatic N) is 3. The van der Waals surface area contributed by atoms with Crippen molar-refractivity contribution >= 4 is 44.6 Å². The molecule has 3 aromatic carbocycles. The second-order valence-electron chi connectivity index (χ2n) is 7.15. The Bertz CT molecular complexity index is 1370. The Morgan fingerprint density at radius 3 is 2.74 bits per heavy atom. The second kappa shape index (κ2) is 9.04. The van der Waals surface area contributed by atoms with Crippen molar-refractivity contribution in [2.24, 2.45) is 5.10 Å². The highest BCUT2D eigenvalue weighted by Crippen LogP contribution is 2.26. The van der Waals surface area contributed by atoms with E-state index in [1.165, 1.54) is 10.2 Å². The number of benzene rings is 3. The normalized spacial score (nSPS) is 11.4. The van der Waals surface area contributed by atoms with Crippen LogP contribution in [0.1, 0.15) is 22.5 Å². The van der Waals surface area contributed by atoms with Gasteiger partial charge in [-0.3, -0.25) is 4.79 Å². The van der Waals surface area contributed by atoms with Crippen LogP contribution in [0.2, 0.25) is 5.02 Å². The molecule has 5 nitrogen and oxygen atoms in total. The Kier molecular flexibility index (Phi) is 6.20. The van der Waals surface area contributed by atoms with Crippen LogP contribution in [0.15, 0.2) is 75.0 Å². The number of aryl methyl sites for hydroxylation is 2.